The van der Waals surface area contributed by atoms with Gasteiger partial charge >= 0.3 is 5.97 Å². The molecular formula is C11H14BrCl2NO2. The highest BCUT2D eigenvalue weighted by Gasteiger charge is 2.15. The van der Waals surface area contributed by atoms with E-state index in [1.165, 1.54) is 0 Å². The van der Waals surface area contributed by atoms with Crippen molar-refractivity contribution in [1.29, 1.82) is 0 Å². The Balaban J connectivity index is 0.00000256. The molecule has 0 aromatic heterocycles. The predicted octanol–water partition coefficient (Wildman–Crippen LogP) is 3.48. The molecule has 0 saturated heterocycles. The number of esters is 1. The molecule has 1 aromatic rings. The van der Waals surface area contributed by atoms with Crippen LogP contribution < -0.4 is 5.73 Å². The molecule has 0 unspecified atom stereocenters. The van der Waals surface area contributed by atoms with E-state index in [2.05, 4.69) is 15.9 Å². The fourth-order valence-electron chi connectivity index (χ4n) is 1.31. The standard InChI is InChI=1S/C11H13BrClNO2.ClH/c1-2-16-11(15)6-10(14)8-4-3-7(12)5-9(8)13;/h3-5,10H,2,6,14H2,1H3;1H/t10-;/m0./s1. The average molecular weight is 343 g/mol. The first-order valence-corrected chi connectivity index (χ1v) is 6.07. The Kier molecular flexibility index (Phi) is 7.79. The van der Waals surface area contributed by atoms with Crippen LogP contribution in [-0.2, 0) is 9.53 Å². The van der Waals surface area contributed by atoms with Crippen molar-refractivity contribution < 1.29 is 9.53 Å². The van der Waals surface area contributed by atoms with Crippen molar-refractivity contribution in [3.8, 4) is 0 Å². The Morgan fingerprint density at radius 1 is 1.59 bits per heavy atom. The maximum Gasteiger partial charge on any atom is 0.307 e. The number of benzene rings is 1. The molecular weight excluding hydrogens is 329 g/mol. The van der Waals surface area contributed by atoms with E-state index in [4.69, 9.17) is 22.1 Å². The van der Waals surface area contributed by atoms with Gasteiger partial charge in [-0.25, -0.2) is 0 Å². The van der Waals surface area contributed by atoms with Gasteiger partial charge in [0.1, 0.15) is 0 Å². The zero-order chi connectivity index (χ0) is 12.1. The third-order valence-corrected chi connectivity index (χ3v) is 2.87. The molecule has 1 atom stereocenters. The van der Waals surface area contributed by atoms with Gasteiger partial charge in [-0.15, -0.1) is 12.4 Å². The van der Waals surface area contributed by atoms with Crippen LogP contribution in [0.15, 0.2) is 22.7 Å². The summed E-state index contributed by atoms with van der Waals surface area (Å²) in [5.41, 5.74) is 6.62. The van der Waals surface area contributed by atoms with Crippen LogP contribution in [0.2, 0.25) is 5.02 Å². The summed E-state index contributed by atoms with van der Waals surface area (Å²) < 4.78 is 5.71. The molecule has 0 heterocycles. The normalized spacial score (nSPS) is 11.5. The van der Waals surface area contributed by atoms with Crippen LogP contribution in [0.1, 0.15) is 24.9 Å². The zero-order valence-electron chi connectivity index (χ0n) is 9.28. The minimum atomic E-state index is -0.431. The minimum absolute atomic E-state index is 0. The Bertz CT molecular complexity index is 388. The summed E-state index contributed by atoms with van der Waals surface area (Å²) in [6, 6.07) is 4.96. The van der Waals surface area contributed by atoms with E-state index in [0.29, 0.717) is 11.6 Å². The Hall–Kier alpha value is -0.290. The first kappa shape index (κ1) is 16.7. The lowest BCUT2D eigenvalue weighted by molar-refractivity contribution is -0.143. The van der Waals surface area contributed by atoms with Gasteiger partial charge in [0, 0.05) is 15.5 Å². The van der Waals surface area contributed by atoms with Crippen molar-refractivity contribution in [1.82, 2.24) is 0 Å². The average Bonchev–Trinajstić information content (AvgIpc) is 2.17. The zero-order valence-corrected chi connectivity index (χ0v) is 12.4. The quantitative estimate of drug-likeness (QED) is 0.852. The molecule has 1 aromatic carbocycles. The third-order valence-electron chi connectivity index (χ3n) is 2.05. The van der Waals surface area contributed by atoms with Gasteiger partial charge in [0.25, 0.3) is 0 Å². The highest BCUT2D eigenvalue weighted by atomic mass is 79.9. The van der Waals surface area contributed by atoms with Crippen LogP contribution in [0.3, 0.4) is 0 Å². The molecule has 0 aliphatic heterocycles. The van der Waals surface area contributed by atoms with Gasteiger partial charge in [-0.3, -0.25) is 4.79 Å². The minimum Gasteiger partial charge on any atom is -0.466 e. The number of hydrogen-bond donors (Lipinski definition) is 1. The molecule has 6 heteroatoms. The van der Waals surface area contributed by atoms with Crippen molar-refractivity contribution in [3.05, 3.63) is 33.3 Å². The summed E-state index contributed by atoms with van der Waals surface area (Å²) in [4.78, 5) is 11.3. The summed E-state index contributed by atoms with van der Waals surface area (Å²) in [5.74, 6) is -0.311. The summed E-state index contributed by atoms with van der Waals surface area (Å²) in [5, 5.41) is 0.547. The van der Waals surface area contributed by atoms with Crippen molar-refractivity contribution in [2.45, 2.75) is 19.4 Å². The Morgan fingerprint density at radius 3 is 2.76 bits per heavy atom. The van der Waals surface area contributed by atoms with Gasteiger partial charge < -0.3 is 10.5 Å². The lowest BCUT2D eigenvalue weighted by atomic mass is 10.1. The fourth-order valence-corrected chi connectivity index (χ4v) is 2.13. The number of hydrogen-bond acceptors (Lipinski definition) is 3. The highest BCUT2D eigenvalue weighted by molar-refractivity contribution is 9.10. The number of nitrogens with two attached hydrogens (primary N) is 1. The van der Waals surface area contributed by atoms with E-state index in [9.17, 15) is 4.79 Å². The van der Waals surface area contributed by atoms with E-state index in [-0.39, 0.29) is 24.8 Å². The molecule has 0 saturated carbocycles. The molecule has 0 bridgehead atoms. The molecule has 1 rings (SSSR count). The second kappa shape index (κ2) is 7.93. The fraction of sp³-hybridized carbons (Fsp3) is 0.364. The van der Waals surface area contributed by atoms with Crippen LogP contribution in [0, 0.1) is 0 Å². The molecule has 0 radical (unpaired) electrons. The molecule has 0 aliphatic carbocycles. The van der Waals surface area contributed by atoms with Gasteiger partial charge in [0.15, 0.2) is 0 Å². The largest absolute Gasteiger partial charge is 0.466 e. The molecule has 3 nitrogen and oxygen atoms in total. The van der Waals surface area contributed by atoms with E-state index in [1.807, 2.05) is 6.07 Å². The van der Waals surface area contributed by atoms with Crippen LogP contribution in [0.5, 0.6) is 0 Å². The number of carbonyl (C=O) groups excluding carboxylic acids is 1. The third kappa shape index (κ3) is 5.25. The number of carbonyl (C=O) groups is 1. The second-order valence-electron chi connectivity index (χ2n) is 3.28. The van der Waals surface area contributed by atoms with Crippen molar-refractivity contribution in [3.63, 3.8) is 0 Å². The van der Waals surface area contributed by atoms with Crippen molar-refractivity contribution >= 4 is 45.9 Å². The number of rotatable bonds is 4. The molecule has 0 spiro atoms. The number of halogens is 3. The van der Waals surface area contributed by atoms with Crippen molar-refractivity contribution in [2.24, 2.45) is 5.73 Å². The van der Waals surface area contributed by atoms with Gasteiger partial charge in [0.2, 0.25) is 0 Å². The summed E-state index contributed by atoms with van der Waals surface area (Å²) in [6.45, 7) is 2.12. The number of ether oxygens (including phenoxy) is 1. The van der Waals surface area contributed by atoms with Crippen LogP contribution >= 0.6 is 39.9 Å². The van der Waals surface area contributed by atoms with E-state index >= 15 is 0 Å². The maximum atomic E-state index is 11.3. The molecule has 0 aliphatic rings. The van der Waals surface area contributed by atoms with Crippen LogP contribution in [0.4, 0.5) is 0 Å². The monoisotopic (exact) mass is 341 g/mol. The van der Waals surface area contributed by atoms with Gasteiger partial charge in [0.05, 0.1) is 13.0 Å². The smallest absolute Gasteiger partial charge is 0.307 e. The van der Waals surface area contributed by atoms with Crippen molar-refractivity contribution in [2.75, 3.05) is 6.61 Å². The summed E-state index contributed by atoms with van der Waals surface area (Å²) >= 11 is 9.33. The van der Waals surface area contributed by atoms with Crippen LogP contribution in [-0.4, -0.2) is 12.6 Å². The van der Waals surface area contributed by atoms with E-state index in [1.54, 1.807) is 19.1 Å². The lowest BCUT2D eigenvalue weighted by Crippen LogP contribution is -2.17. The second-order valence-corrected chi connectivity index (χ2v) is 4.60. The molecule has 2 N–H and O–H groups in total. The summed E-state index contributed by atoms with van der Waals surface area (Å²) in [6.07, 6.45) is 0.134. The predicted molar refractivity (Wildman–Crippen MR) is 74.6 cm³/mol. The van der Waals surface area contributed by atoms with Crippen LogP contribution in [0.25, 0.3) is 0 Å². The van der Waals surface area contributed by atoms with E-state index in [0.717, 1.165) is 10.0 Å². The summed E-state index contributed by atoms with van der Waals surface area (Å²) in [7, 11) is 0. The molecule has 0 fully saturated rings. The SMILES string of the molecule is CCOC(=O)C[C@H](N)c1ccc(Br)cc1Cl.Cl. The first-order chi connectivity index (χ1) is 7.54. The topological polar surface area (TPSA) is 52.3 Å². The maximum absolute atomic E-state index is 11.3. The lowest BCUT2D eigenvalue weighted by Gasteiger charge is -2.13. The molecule has 96 valence electrons. The molecule has 17 heavy (non-hydrogen) atoms. The van der Waals surface area contributed by atoms with Gasteiger partial charge in [-0.1, -0.05) is 33.6 Å². The Morgan fingerprint density at radius 2 is 2.24 bits per heavy atom. The Labute approximate surface area is 120 Å². The highest BCUT2D eigenvalue weighted by Crippen LogP contribution is 2.27. The first-order valence-electron chi connectivity index (χ1n) is 4.90. The van der Waals surface area contributed by atoms with E-state index < -0.39 is 6.04 Å². The molecule has 0 amide bonds. The van der Waals surface area contributed by atoms with Gasteiger partial charge in [-0.2, -0.15) is 0 Å². The van der Waals surface area contributed by atoms with Gasteiger partial charge in [-0.05, 0) is 24.6 Å².